The molecule has 5 nitrogen and oxygen atoms in total. The summed E-state index contributed by atoms with van der Waals surface area (Å²) in [7, 11) is 0. The van der Waals surface area contributed by atoms with E-state index in [-0.39, 0.29) is 28.8 Å². The molecule has 1 aromatic heterocycles. The van der Waals surface area contributed by atoms with E-state index in [2.05, 4.69) is 10.3 Å². The summed E-state index contributed by atoms with van der Waals surface area (Å²) in [5, 5.41) is 4.12. The van der Waals surface area contributed by atoms with Gasteiger partial charge in [0.1, 0.15) is 6.54 Å². The fourth-order valence-corrected chi connectivity index (χ4v) is 3.74. The average molecular weight is 436 g/mol. The molecule has 2 N–H and O–H groups in total. The van der Waals surface area contributed by atoms with Crippen molar-refractivity contribution in [1.82, 2.24) is 14.9 Å². The lowest BCUT2D eigenvalue weighted by atomic mass is 9.98. The predicted molar refractivity (Wildman–Crippen MR) is 121 cm³/mol. The molecule has 3 aromatic carbocycles. The van der Waals surface area contributed by atoms with E-state index in [0.29, 0.717) is 15.9 Å². The molecule has 0 unspecified atom stereocenters. The minimum absolute atomic E-state index is 0.185. The summed E-state index contributed by atoms with van der Waals surface area (Å²) >= 11 is 11.3. The van der Waals surface area contributed by atoms with Crippen LogP contribution in [-0.4, -0.2) is 15.5 Å². The highest BCUT2D eigenvalue weighted by Crippen LogP contribution is 2.23. The maximum absolute atomic E-state index is 12.9. The fraction of sp³-hybridized carbons (Fsp3) is 0.0870. The van der Waals surface area contributed by atoms with Crippen molar-refractivity contribution in [2.24, 2.45) is 0 Å². The van der Waals surface area contributed by atoms with Crippen molar-refractivity contribution in [2.45, 2.75) is 12.6 Å². The van der Waals surface area contributed by atoms with Crippen LogP contribution in [0.15, 0.2) is 83.7 Å². The van der Waals surface area contributed by atoms with Gasteiger partial charge in [-0.25, -0.2) is 0 Å². The van der Waals surface area contributed by atoms with E-state index in [4.69, 9.17) is 23.8 Å². The molecule has 0 saturated heterocycles. The molecular weight excluding hydrogens is 418 g/mol. The van der Waals surface area contributed by atoms with E-state index < -0.39 is 0 Å². The van der Waals surface area contributed by atoms with E-state index in [1.165, 1.54) is 4.57 Å². The van der Waals surface area contributed by atoms with Crippen molar-refractivity contribution in [3.05, 3.63) is 110 Å². The number of para-hydroxylation sites is 1. The number of benzene rings is 3. The summed E-state index contributed by atoms with van der Waals surface area (Å²) < 4.78 is 1.48. The zero-order valence-electron chi connectivity index (χ0n) is 15.8. The first-order chi connectivity index (χ1) is 14.5. The summed E-state index contributed by atoms with van der Waals surface area (Å²) in [6, 6.07) is 23.6. The lowest BCUT2D eigenvalue weighted by Crippen LogP contribution is -2.35. The van der Waals surface area contributed by atoms with Gasteiger partial charge in [-0.3, -0.25) is 14.2 Å². The number of carbonyl (C=O) groups excluding carboxylic acids is 1. The van der Waals surface area contributed by atoms with Gasteiger partial charge in [0.25, 0.3) is 5.56 Å². The second-order valence-corrected chi connectivity index (χ2v) is 7.65. The van der Waals surface area contributed by atoms with Gasteiger partial charge in [0.15, 0.2) is 4.77 Å². The molecule has 7 heteroatoms. The molecule has 0 aliphatic heterocycles. The van der Waals surface area contributed by atoms with Gasteiger partial charge in [-0.2, -0.15) is 0 Å². The molecule has 4 aromatic rings. The number of H-pyrrole nitrogens is 1. The topological polar surface area (TPSA) is 66.9 Å². The van der Waals surface area contributed by atoms with Crippen molar-refractivity contribution in [2.75, 3.05) is 0 Å². The van der Waals surface area contributed by atoms with E-state index >= 15 is 0 Å². The van der Waals surface area contributed by atoms with Crippen LogP contribution in [-0.2, 0) is 11.3 Å². The number of nitrogens with zero attached hydrogens (tertiary/aromatic N) is 1. The quantitative estimate of drug-likeness (QED) is 0.449. The van der Waals surface area contributed by atoms with Gasteiger partial charge in [0.2, 0.25) is 5.91 Å². The summed E-state index contributed by atoms with van der Waals surface area (Å²) in [6.07, 6.45) is 0. The van der Waals surface area contributed by atoms with Gasteiger partial charge >= 0.3 is 0 Å². The van der Waals surface area contributed by atoms with Crippen LogP contribution in [0.3, 0.4) is 0 Å². The number of aromatic amines is 1. The number of amides is 1. The zero-order valence-corrected chi connectivity index (χ0v) is 17.4. The van der Waals surface area contributed by atoms with E-state index in [1.54, 1.807) is 30.3 Å². The van der Waals surface area contributed by atoms with Crippen LogP contribution in [0.1, 0.15) is 17.2 Å². The average Bonchev–Trinajstić information content (AvgIpc) is 2.76. The number of aromatic nitrogens is 2. The van der Waals surface area contributed by atoms with Crippen molar-refractivity contribution in [3.8, 4) is 0 Å². The Morgan fingerprint density at radius 2 is 1.60 bits per heavy atom. The summed E-state index contributed by atoms with van der Waals surface area (Å²) in [5.74, 6) is -0.323. The third-order valence-corrected chi connectivity index (χ3v) is 5.41. The molecule has 0 fully saturated rings. The molecule has 0 saturated carbocycles. The lowest BCUT2D eigenvalue weighted by Gasteiger charge is -2.20. The molecule has 1 atom stereocenters. The van der Waals surface area contributed by atoms with Gasteiger partial charge in [-0.05, 0) is 47.6 Å². The molecule has 30 heavy (non-hydrogen) atoms. The number of nitrogens with one attached hydrogen (secondary N) is 2. The first kappa shape index (κ1) is 20.1. The first-order valence-electron chi connectivity index (χ1n) is 9.34. The minimum Gasteiger partial charge on any atom is -0.344 e. The van der Waals surface area contributed by atoms with Crippen LogP contribution in [0.25, 0.3) is 10.9 Å². The Kier molecular flexibility index (Phi) is 5.79. The first-order valence-corrected chi connectivity index (χ1v) is 10.1. The van der Waals surface area contributed by atoms with Gasteiger partial charge < -0.3 is 10.3 Å². The summed E-state index contributed by atoms with van der Waals surface area (Å²) in [5.41, 5.74) is 2.15. The molecule has 150 valence electrons. The highest BCUT2D eigenvalue weighted by atomic mass is 35.5. The number of hydrogen-bond donors (Lipinski definition) is 2. The van der Waals surface area contributed by atoms with Crippen molar-refractivity contribution < 1.29 is 4.79 Å². The highest BCUT2D eigenvalue weighted by molar-refractivity contribution is 7.71. The molecule has 1 amide bonds. The van der Waals surface area contributed by atoms with Gasteiger partial charge in [0, 0.05) is 5.02 Å². The predicted octanol–water partition coefficient (Wildman–Crippen LogP) is 4.62. The van der Waals surface area contributed by atoms with Crippen molar-refractivity contribution >= 4 is 40.6 Å². The monoisotopic (exact) mass is 435 g/mol. The van der Waals surface area contributed by atoms with Crippen molar-refractivity contribution in [3.63, 3.8) is 0 Å². The van der Waals surface area contributed by atoms with Gasteiger partial charge in [-0.15, -0.1) is 0 Å². The van der Waals surface area contributed by atoms with Crippen LogP contribution < -0.4 is 10.9 Å². The van der Waals surface area contributed by atoms with Crippen molar-refractivity contribution in [1.29, 1.82) is 0 Å². The number of carbonyl (C=O) groups is 1. The highest BCUT2D eigenvalue weighted by Gasteiger charge is 2.18. The Labute approximate surface area is 183 Å². The molecule has 0 bridgehead atoms. The van der Waals surface area contributed by atoms with Crippen LogP contribution in [0.4, 0.5) is 0 Å². The number of fused-ring (bicyclic) bond motifs is 1. The molecule has 0 aliphatic carbocycles. The lowest BCUT2D eigenvalue weighted by molar-refractivity contribution is -0.122. The maximum atomic E-state index is 12.9. The third kappa shape index (κ3) is 4.20. The second kappa shape index (κ2) is 8.65. The molecular formula is C23H18ClN3O2S. The number of rotatable bonds is 5. The Morgan fingerprint density at radius 3 is 2.33 bits per heavy atom. The summed E-state index contributed by atoms with van der Waals surface area (Å²) in [6.45, 7) is -0.185. The largest absolute Gasteiger partial charge is 0.344 e. The van der Waals surface area contributed by atoms with Crippen LogP contribution in [0.2, 0.25) is 5.02 Å². The third-order valence-electron chi connectivity index (χ3n) is 4.83. The van der Waals surface area contributed by atoms with E-state index in [1.807, 2.05) is 48.5 Å². The van der Waals surface area contributed by atoms with E-state index in [9.17, 15) is 9.59 Å². The maximum Gasteiger partial charge on any atom is 0.262 e. The zero-order chi connectivity index (χ0) is 21.1. The standard InChI is InChI=1S/C23H18ClN3O2S/c24-17-12-10-16(11-13-17)21(15-6-2-1-3-7-15)26-20(28)14-27-22(29)18-8-4-5-9-19(18)25-23(27)30/h1-13,21H,14H2,(H,25,30)(H,26,28)/t21-/m1/s1. The Bertz CT molecular complexity index is 1310. The Balaban J connectivity index is 1.65. The van der Waals surface area contributed by atoms with Gasteiger partial charge in [-0.1, -0.05) is 66.2 Å². The normalized spacial score (nSPS) is 11.9. The van der Waals surface area contributed by atoms with Gasteiger partial charge in [0.05, 0.1) is 16.9 Å². The van der Waals surface area contributed by atoms with Crippen LogP contribution in [0.5, 0.6) is 0 Å². The second-order valence-electron chi connectivity index (χ2n) is 6.83. The Hall–Kier alpha value is -3.22. The van der Waals surface area contributed by atoms with E-state index in [0.717, 1.165) is 11.1 Å². The fourth-order valence-electron chi connectivity index (χ4n) is 3.35. The minimum atomic E-state index is -0.385. The Morgan fingerprint density at radius 1 is 0.967 bits per heavy atom. The SMILES string of the molecule is O=C(Cn1c(=S)[nH]c2ccccc2c1=O)N[C@H](c1ccccc1)c1ccc(Cl)cc1. The molecule has 1 heterocycles. The smallest absolute Gasteiger partial charge is 0.262 e. The van der Waals surface area contributed by atoms with Crippen LogP contribution >= 0.6 is 23.8 Å². The molecule has 0 aliphatic rings. The van der Waals surface area contributed by atoms with Crippen LogP contribution in [0, 0.1) is 4.77 Å². The number of halogens is 1. The summed E-state index contributed by atoms with van der Waals surface area (Å²) in [4.78, 5) is 28.8. The molecule has 4 rings (SSSR count). The number of hydrogen-bond acceptors (Lipinski definition) is 3. The molecule has 0 spiro atoms. The molecule has 0 radical (unpaired) electrons.